The maximum Gasteiger partial charge on any atom is 0.0695 e. The van der Waals surface area contributed by atoms with Crippen molar-refractivity contribution in [1.82, 2.24) is 0 Å². The van der Waals surface area contributed by atoms with Gasteiger partial charge in [-0.25, -0.2) is 0 Å². The molecule has 1 heteroatoms. The third-order valence-electron chi connectivity index (χ3n) is 5.67. The van der Waals surface area contributed by atoms with Gasteiger partial charge in [-0.15, -0.1) is 0 Å². The van der Waals surface area contributed by atoms with Crippen molar-refractivity contribution < 1.29 is 2.74 Å². The lowest BCUT2D eigenvalue weighted by Gasteiger charge is -2.22. The molecule has 0 amide bonds. The highest BCUT2D eigenvalue weighted by Crippen LogP contribution is 2.70. The fraction of sp³-hybridized carbons (Fsp3) is 0.458. The zero-order chi connectivity index (χ0) is 19.4. The molecule has 0 saturated heterocycles. The molecule has 1 aliphatic carbocycles. The van der Waals surface area contributed by atoms with Gasteiger partial charge in [0.25, 0.3) is 0 Å². The van der Waals surface area contributed by atoms with Crippen LogP contribution in [0.3, 0.4) is 0 Å². The second-order valence-corrected chi connectivity index (χ2v) is 7.30. The van der Waals surface area contributed by atoms with Crippen molar-refractivity contribution in [3.63, 3.8) is 0 Å². The van der Waals surface area contributed by atoms with E-state index in [2.05, 4.69) is 37.3 Å². The Morgan fingerprint density at radius 3 is 1.88 bits per heavy atom. The zero-order valence-corrected chi connectivity index (χ0v) is 15.2. The average molecular weight is 334 g/mol. The van der Waals surface area contributed by atoms with E-state index in [-0.39, 0.29) is 0 Å². The van der Waals surface area contributed by atoms with Gasteiger partial charge in [-0.2, -0.15) is 5.26 Å². The molecule has 1 nitrogen and oxygen atoms in total. The van der Waals surface area contributed by atoms with Gasteiger partial charge < -0.3 is 0 Å². The van der Waals surface area contributed by atoms with Crippen molar-refractivity contribution in [2.75, 3.05) is 0 Å². The molecule has 0 bridgehead atoms. The summed E-state index contributed by atoms with van der Waals surface area (Å²) in [5, 5.41) is 10.1. The minimum Gasteiger partial charge on any atom is -0.198 e. The van der Waals surface area contributed by atoms with Gasteiger partial charge in [-0.1, -0.05) is 80.4 Å². The Hall–Kier alpha value is -2.07. The summed E-state index contributed by atoms with van der Waals surface area (Å²) in [4.78, 5) is 0. The number of nitriles is 1. The largest absolute Gasteiger partial charge is 0.198 e. The highest BCUT2D eigenvalue weighted by atomic mass is 14.7. The molecule has 0 N–H and O–H groups in total. The molecule has 3 rings (SSSR count). The predicted molar refractivity (Wildman–Crippen MR) is 104 cm³/mol. The van der Waals surface area contributed by atoms with Gasteiger partial charge in [0.1, 0.15) is 0 Å². The third-order valence-corrected chi connectivity index (χ3v) is 5.67. The van der Waals surface area contributed by atoms with E-state index in [0.29, 0.717) is 6.42 Å². The molecule has 2 aromatic carbocycles. The SMILES string of the molecule is [2H]C1([2H])C(C#N)(CCCC)C1(CCc1ccccc1)CCc1ccccc1. The Balaban J connectivity index is 1.85. The van der Waals surface area contributed by atoms with Crippen LogP contribution in [0, 0.1) is 22.2 Å². The summed E-state index contributed by atoms with van der Waals surface area (Å²) < 4.78 is 17.6. The molecule has 0 aliphatic heterocycles. The van der Waals surface area contributed by atoms with Gasteiger partial charge in [-0.05, 0) is 55.0 Å². The van der Waals surface area contributed by atoms with Crippen LogP contribution >= 0.6 is 0 Å². The number of hydrogen-bond donors (Lipinski definition) is 0. The van der Waals surface area contributed by atoms with E-state index in [9.17, 15) is 5.26 Å². The van der Waals surface area contributed by atoms with Gasteiger partial charge in [0, 0.05) is 2.74 Å². The summed E-state index contributed by atoms with van der Waals surface area (Å²) in [7, 11) is 0. The first-order valence-electron chi connectivity index (χ1n) is 10.5. The number of unbranched alkanes of at least 4 members (excludes halogenated alkanes) is 1. The molecule has 1 fully saturated rings. The minimum absolute atomic E-state index is 0.560. The van der Waals surface area contributed by atoms with Crippen molar-refractivity contribution in [2.45, 2.75) is 58.2 Å². The summed E-state index contributed by atoms with van der Waals surface area (Å²) in [6.45, 7) is 2.11. The standard InChI is InChI=1S/C24H29N/c1-2-3-16-24(20-25)19-23(24,17-14-21-10-6-4-7-11-21)18-15-22-12-8-5-9-13-22/h4-13H,2-3,14-19H2,1H3/i19D2. The lowest BCUT2D eigenvalue weighted by molar-refractivity contribution is 0.326. The monoisotopic (exact) mass is 333 g/mol. The molecule has 0 heterocycles. The smallest absolute Gasteiger partial charge is 0.0695 e. The van der Waals surface area contributed by atoms with E-state index in [1.54, 1.807) is 0 Å². The Kier molecular flexibility index (Phi) is 4.79. The molecule has 0 aromatic heterocycles. The van der Waals surface area contributed by atoms with Crippen LogP contribution in [0.4, 0.5) is 0 Å². The normalized spacial score (nSPS) is 24.0. The minimum atomic E-state index is -1.42. The molecule has 2 aromatic rings. The van der Waals surface area contributed by atoms with Crippen molar-refractivity contribution >= 4 is 0 Å². The summed E-state index contributed by atoms with van der Waals surface area (Å²) in [6, 6.07) is 23.0. The van der Waals surface area contributed by atoms with Crippen LogP contribution in [-0.2, 0) is 12.8 Å². The molecule has 1 aliphatic rings. The topological polar surface area (TPSA) is 23.8 Å². The number of benzene rings is 2. The molecule has 1 unspecified atom stereocenters. The van der Waals surface area contributed by atoms with Crippen molar-refractivity contribution in [3.8, 4) is 6.07 Å². The van der Waals surface area contributed by atoms with E-state index in [0.717, 1.165) is 38.5 Å². The number of nitrogens with zero attached hydrogens (tertiary/aromatic N) is 1. The summed E-state index contributed by atoms with van der Waals surface area (Å²) >= 11 is 0. The maximum atomic E-state index is 10.1. The lowest BCUT2D eigenvalue weighted by Crippen LogP contribution is -2.16. The zero-order valence-electron chi connectivity index (χ0n) is 17.2. The maximum absolute atomic E-state index is 10.1. The van der Waals surface area contributed by atoms with Gasteiger partial charge in [0.2, 0.25) is 0 Å². The van der Waals surface area contributed by atoms with Crippen LogP contribution in [0.25, 0.3) is 0 Å². The van der Waals surface area contributed by atoms with E-state index in [1.165, 1.54) is 11.1 Å². The van der Waals surface area contributed by atoms with Gasteiger partial charge in [0.15, 0.2) is 0 Å². The van der Waals surface area contributed by atoms with E-state index in [4.69, 9.17) is 2.74 Å². The van der Waals surface area contributed by atoms with Crippen molar-refractivity contribution in [3.05, 3.63) is 71.8 Å². The van der Waals surface area contributed by atoms with Crippen LogP contribution in [-0.4, -0.2) is 0 Å². The molecule has 0 radical (unpaired) electrons. The first-order chi connectivity index (χ1) is 13.0. The molecule has 25 heavy (non-hydrogen) atoms. The Morgan fingerprint density at radius 2 is 1.44 bits per heavy atom. The number of hydrogen-bond acceptors (Lipinski definition) is 1. The van der Waals surface area contributed by atoms with Crippen LogP contribution < -0.4 is 0 Å². The van der Waals surface area contributed by atoms with Crippen LogP contribution in [0.15, 0.2) is 60.7 Å². The van der Waals surface area contributed by atoms with Crippen molar-refractivity contribution in [2.24, 2.45) is 10.8 Å². The highest BCUT2D eigenvalue weighted by molar-refractivity contribution is 5.27. The fourth-order valence-corrected chi connectivity index (χ4v) is 3.99. The lowest BCUT2D eigenvalue weighted by atomic mass is 9.81. The Labute approximate surface area is 155 Å². The van der Waals surface area contributed by atoms with E-state index in [1.807, 2.05) is 36.4 Å². The summed E-state index contributed by atoms with van der Waals surface area (Å²) in [6.07, 6.45) is 4.25. The number of rotatable bonds is 9. The van der Waals surface area contributed by atoms with Gasteiger partial charge >= 0.3 is 0 Å². The van der Waals surface area contributed by atoms with Crippen LogP contribution in [0.1, 0.15) is 59.3 Å². The fourth-order valence-electron chi connectivity index (χ4n) is 3.99. The van der Waals surface area contributed by atoms with E-state index >= 15 is 0 Å². The van der Waals surface area contributed by atoms with Crippen LogP contribution in [0.5, 0.6) is 0 Å². The highest BCUT2D eigenvalue weighted by Gasteiger charge is 2.65. The molecule has 130 valence electrons. The van der Waals surface area contributed by atoms with Gasteiger partial charge in [-0.3, -0.25) is 0 Å². The second kappa shape index (κ2) is 7.87. The van der Waals surface area contributed by atoms with Crippen molar-refractivity contribution in [1.29, 1.82) is 5.26 Å². The molecule has 1 atom stereocenters. The summed E-state index contributed by atoms with van der Waals surface area (Å²) in [5.41, 5.74) is 1.04. The molecule has 0 spiro atoms. The molecule has 1 saturated carbocycles. The average Bonchev–Trinajstić information content (AvgIpc) is 3.13. The second-order valence-electron chi connectivity index (χ2n) is 7.30. The predicted octanol–water partition coefficient (Wildman–Crippen LogP) is 6.34. The Morgan fingerprint density at radius 1 is 0.920 bits per heavy atom. The van der Waals surface area contributed by atoms with Crippen LogP contribution in [0.2, 0.25) is 0 Å². The Bertz CT molecular complexity index is 736. The quantitative estimate of drug-likeness (QED) is 0.525. The van der Waals surface area contributed by atoms with Gasteiger partial charge in [0.05, 0.1) is 11.5 Å². The first-order valence-corrected chi connectivity index (χ1v) is 9.52. The third kappa shape index (κ3) is 3.96. The first kappa shape index (κ1) is 15.2. The van der Waals surface area contributed by atoms with E-state index < -0.39 is 17.2 Å². The molecular formula is C24H29N. The number of aryl methyl sites for hydroxylation is 2. The molecular weight excluding hydrogens is 302 g/mol. The summed E-state index contributed by atoms with van der Waals surface area (Å²) in [5.74, 6) is 0.